The molecule has 0 saturated carbocycles. The van der Waals surface area contributed by atoms with Gasteiger partial charge < -0.3 is 9.80 Å². The van der Waals surface area contributed by atoms with Crippen molar-refractivity contribution in [2.24, 2.45) is 0 Å². The molecule has 62 heavy (non-hydrogen) atoms. The molecule has 8 aromatic rings. The third-order valence-corrected chi connectivity index (χ3v) is 11.8. The van der Waals surface area contributed by atoms with Crippen LogP contribution in [-0.4, -0.2) is 14.1 Å². The Bertz CT molecular complexity index is 2450. The van der Waals surface area contributed by atoms with Gasteiger partial charge in [0.25, 0.3) is 0 Å². The quantitative estimate of drug-likeness (QED) is 0.171. The molecule has 0 amide bonds. The number of hydrogen-bond acceptors (Lipinski definition) is 2. The lowest BCUT2D eigenvalue weighted by molar-refractivity contribution is 1.16. The van der Waals surface area contributed by atoms with Crippen LogP contribution in [0.2, 0.25) is 0 Å². The van der Waals surface area contributed by atoms with Gasteiger partial charge in [-0.15, -0.1) is 0 Å². The molecule has 10 rings (SSSR count). The zero-order valence-electron chi connectivity index (χ0n) is 38.6. The minimum Gasteiger partial charge on any atom is -0.344 e. The molecule has 314 valence electrons. The molecule has 0 spiro atoms. The van der Waals surface area contributed by atoms with Crippen molar-refractivity contribution < 1.29 is 0 Å². The van der Waals surface area contributed by atoms with Crippen molar-refractivity contribution in [1.29, 1.82) is 0 Å². The van der Waals surface area contributed by atoms with Gasteiger partial charge in [0.05, 0.1) is 0 Å². The van der Waals surface area contributed by atoms with E-state index in [0.29, 0.717) is 0 Å². The molecule has 2 nitrogen and oxygen atoms in total. The normalized spacial score (nSPS) is 10.9. The number of fused-ring (bicyclic) bond motifs is 6. The first-order chi connectivity index (χ1) is 30.3. The summed E-state index contributed by atoms with van der Waals surface area (Å²) < 4.78 is 0. The average Bonchev–Trinajstić information content (AvgIpc) is 3.89. The molecule has 0 saturated heterocycles. The number of anilines is 4. The summed E-state index contributed by atoms with van der Waals surface area (Å²) in [7, 11) is 4.29. The highest BCUT2D eigenvalue weighted by Crippen LogP contribution is 2.38. The zero-order chi connectivity index (χ0) is 44.2. The molecule has 2 heteroatoms. The summed E-state index contributed by atoms with van der Waals surface area (Å²) in [5.74, 6) is 0. The van der Waals surface area contributed by atoms with Gasteiger partial charge in [-0.2, -0.15) is 0 Å². The first-order valence-electron chi connectivity index (χ1n) is 22.4. The van der Waals surface area contributed by atoms with Gasteiger partial charge >= 0.3 is 0 Å². The zero-order valence-corrected chi connectivity index (χ0v) is 38.6. The molecule has 0 radical (unpaired) electrons. The van der Waals surface area contributed by atoms with E-state index < -0.39 is 0 Å². The van der Waals surface area contributed by atoms with Crippen LogP contribution in [0.5, 0.6) is 0 Å². The molecule has 8 aromatic carbocycles. The van der Waals surface area contributed by atoms with Crippen molar-refractivity contribution in [3.8, 4) is 33.4 Å². The van der Waals surface area contributed by atoms with Crippen LogP contribution in [0.1, 0.15) is 72.2 Å². The summed E-state index contributed by atoms with van der Waals surface area (Å²) in [4.78, 5) is 4.56. The van der Waals surface area contributed by atoms with Crippen LogP contribution < -0.4 is 9.80 Å². The smallest absolute Gasteiger partial charge is 0.0438 e. The predicted octanol–water partition coefficient (Wildman–Crippen LogP) is 16.7. The molecule has 0 N–H and O–H groups in total. The lowest BCUT2D eigenvalue weighted by Gasteiger charge is -2.25. The summed E-state index contributed by atoms with van der Waals surface area (Å²) >= 11 is 0. The van der Waals surface area contributed by atoms with Gasteiger partial charge in [0.1, 0.15) is 0 Å². The number of aryl methyl sites for hydroxylation is 4. The second-order valence-electron chi connectivity index (χ2n) is 15.7. The second-order valence-corrected chi connectivity index (χ2v) is 15.7. The van der Waals surface area contributed by atoms with E-state index in [1.54, 1.807) is 0 Å². The molecule has 0 heterocycles. The summed E-state index contributed by atoms with van der Waals surface area (Å²) in [6.45, 7) is 16.7. The fourth-order valence-electron chi connectivity index (χ4n) is 8.72. The van der Waals surface area contributed by atoms with Crippen LogP contribution in [0.15, 0.2) is 182 Å². The van der Waals surface area contributed by atoms with Crippen LogP contribution >= 0.6 is 0 Å². The first kappa shape index (κ1) is 44.9. The molecule has 2 aliphatic carbocycles. The Balaban J connectivity index is 0.000000173. The number of para-hydroxylation sites is 2. The summed E-state index contributed by atoms with van der Waals surface area (Å²) in [6.07, 6.45) is 2.21. The standard InChI is InChI=1S/C30H32N2.2C13H10.2C2H6/c1-21-11-7-9-13-27(21)31(5)29-17-15-25(19-23(29)3)26-16-18-30(24(4)20-26)32(6)28-14-10-8-12-22(28)2;2*1-3-7-12-10(5-1)9-11-6-2-4-8-13(11)12;2*1-2/h7-20H,1-6H3;2*1-8H,9H2;2*1-2H3. The van der Waals surface area contributed by atoms with E-state index in [9.17, 15) is 0 Å². The van der Waals surface area contributed by atoms with Gasteiger partial charge in [0, 0.05) is 36.8 Å². The highest BCUT2D eigenvalue weighted by atomic mass is 15.1. The van der Waals surface area contributed by atoms with E-state index in [-0.39, 0.29) is 0 Å². The lowest BCUT2D eigenvalue weighted by atomic mass is 9.99. The highest BCUT2D eigenvalue weighted by Gasteiger charge is 2.17. The molecule has 0 aromatic heterocycles. The number of rotatable bonds is 5. The predicted molar refractivity (Wildman–Crippen MR) is 272 cm³/mol. The topological polar surface area (TPSA) is 6.48 Å². The molecule has 0 aliphatic heterocycles. The van der Waals surface area contributed by atoms with E-state index in [2.05, 4.69) is 234 Å². The number of hydrogen-bond donors (Lipinski definition) is 0. The largest absolute Gasteiger partial charge is 0.344 e. The molecule has 0 fully saturated rings. The number of benzene rings is 8. The Morgan fingerprint density at radius 2 is 0.548 bits per heavy atom. The van der Waals surface area contributed by atoms with Crippen molar-refractivity contribution >= 4 is 22.7 Å². The monoisotopic (exact) mass is 813 g/mol. The maximum absolute atomic E-state index is 2.30. The lowest BCUT2D eigenvalue weighted by Crippen LogP contribution is -2.12. The van der Waals surface area contributed by atoms with Crippen molar-refractivity contribution in [1.82, 2.24) is 0 Å². The van der Waals surface area contributed by atoms with E-state index in [1.807, 2.05) is 27.7 Å². The third kappa shape index (κ3) is 9.93. The SMILES string of the molecule is CC.CC.Cc1ccccc1N(C)c1ccc(-c2ccc(N(C)c3ccccc3C)c(C)c2)cc1C.c1ccc2c(c1)Cc1ccccc1-2.c1ccc2c(c1)Cc1ccccc1-2. The Hall–Kier alpha value is -6.64. The van der Waals surface area contributed by atoms with E-state index in [0.717, 1.165) is 12.8 Å². The Kier molecular flexibility index (Phi) is 15.4. The molecular weight excluding hydrogens is 749 g/mol. The van der Waals surface area contributed by atoms with Crippen molar-refractivity contribution in [2.75, 3.05) is 23.9 Å². The van der Waals surface area contributed by atoms with Gasteiger partial charge in [0.2, 0.25) is 0 Å². The van der Waals surface area contributed by atoms with E-state index in [1.165, 1.54) is 101 Å². The molecule has 0 bridgehead atoms. The van der Waals surface area contributed by atoms with Crippen LogP contribution in [0, 0.1) is 27.7 Å². The minimum absolute atomic E-state index is 1.10. The Morgan fingerprint density at radius 1 is 0.290 bits per heavy atom. The van der Waals surface area contributed by atoms with E-state index in [4.69, 9.17) is 0 Å². The van der Waals surface area contributed by atoms with Crippen LogP contribution in [0.3, 0.4) is 0 Å². The van der Waals surface area contributed by atoms with Crippen LogP contribution in [0.4, 0.5) is 22.7 Å². The Morgan fingerprint density at radius 3 is 0.839 bits per heavy atom. The van der Waals surface area contributed by atoms with Gasteiger partial charge in [-0.25, -0.2) is 0 Å². The number of nitrogens with zero attached hydrogens (tertiary/aromatic N) is 2. The van der Waals surface area contributed by atoms with Crippen molar-refractivity contribution in [2.45, 2.75) is 68.2 Å². The van der Waals surface area contributed by atoms with Crippen LogP contribution in [-0.2, 0) is 12.8 Å². The van der Waals surface area contributed by atoms with Crippen LogP contribution in [0.25, 0.3) is 33.4 Å². The maximum Gasteiger partial charge on any atom is 0.0438 e. The minimum atomic E-state index is 1.10. The molecular formula is C60H64N2. The molecule has 0 atom stereocenters. The average molecular weight is 813 g/mol. The first-order valence-corrected chi connectivity index (χ1v) is 22.4. The van der Waals surface area contributed by atoms with E-state index >= 15 is 0 Å². The maximum atomic E-state index is 2.30. The second kappa shape index (κ2) is 21.2. The summed E-state index contributed by atoms with van der Waals surface area (Å²) in [6, 6.07) is 65.2. The highest BCUT2D eigenvalue weighted by molar-refractivity contribution is 5.79. The van der Waals surface area contributed by atoms with Crippen molar-refractivity contribution in [3.63, 3.8) is 0 Å². The summed E-state index contributed by atoms with van der Waals surface area (Å²) in [5, 5.41) is 0. The fourth-order valence-corrected chi connectivity index (χ4v) is 8.72. The molecule has 2 aliphatic rings. The summed E-state index contributed by atoms with van der Waals surface area (Å²) in [5.41, 5.74) is 24.0. The fraction of sp³-hybridized carbons (Fsp3) is 0.200. The van der Waals surface area contributed by atoms with Gasteiger partial charge in [-0.05, 0) is 155 Å². The third-order valence-electron chi connectivity index (χ3n) is 11.8. The van der Waals surface area contributed by atoms with Gasteiger partial charge in [-0.3, -0.25) is 0 Å². The Labute approximate surface area is 373 Å². The van der Waals surface area contributed by atoms with Crippen molar-refractivity contribution in [3.05, 3.63) is 226 Å². The van der Waals surface area contributed by atoms with Gasteiger partial charge in [0.15, 0.2) is 0 Å². The van der Waals surface area contributed by atoms with Gasteiger partial charge in [-0.1, -0.05) is 173 Å². The molecule has 0 unspecified atom stereocenters.